The van der Waals surface area contributed by atoms with E-state index >= 15 is 0 Å². The smallest absolute Gasteiger partial charge is 0.203 e. The van der Waals surface area contributed by atoms with E-state index in [4.69, 9.17) is 4.42 Å². The first-order valence-corrected chi connectivity index (χ1v) is 15.8. The molecule has 220 valence electrons. The fourth-order valence-corrected chi connectivity index (χ4v) is 8.34. The molecule has 3 N–H and O–H groups in total. The third kappa shape index (κ3) is 5.58. The number of hydrogen-bond acceptors (Lipinski definition) is 5. The monoisotopic (exact) mass is 549 g/mol. The van der Waals surface area contributed by atoms with Crippen LogP contribution < -0.4 is 0 Å². The standard InChI is InChI=1S/C35H51NO4/c1-6-7-10-27-22-36-32(40-27)35(18-19-35)31(39)15-17-33(3,4)30-14-13-28-24(9-8-16-34(28,30)5)11-12-25-20-26(37)21-29(38)23(25)2/h11-12,15,17,22,26,28-31,37-39H,2,6-10,13-14,16,18-21H2,1,3-5H3/b17-15+,24-11+,25-12-/t26-,28+,29+,30-,31+,34+/m1/s1. The molecule has 0 unspecified atom stereocenters. The second kappa shape index (κ2) is 11.4. The Morgan fingerprint density at radius 3 is 2.70 bits per heavy atom. The molecule has 0 bridgehead atoms. The van der Waals surface area contributed by atoms with E-state index in [9.17, 15) is 15.3 Å². The maximum Gasteiger partial charge on any atom is 0.203 e. The number of allylic oxidation sites excluding steroid dienone is 4. The van der Waals surface area contributed by atoms with Gasteiger partial charge in [-0.3, -0.25) is 0 Å². The first kappa shape index (κ1) is 29.5. The molecule has 0 saturated heterocycles. The molecule has 0 amide bonds. The first-order valence-electron chi connectivity index (χ1n) is 15.8. The number of aryl methyl sites for hydroxylation is 1. The van der Waals surface area contributed by atoms with Crippen LogP contribution in [0.1, 0.15) is 110 Å². The van der Waals surface area contributed by atoms with Crippen molar-refractivity contribution in [1.29, 1.82) is 0 Å². The summed E-state index contributed by atoms with van der Waals surface area (Å²) >= 11 is 0. The lowest BCUT2D eigenvalue weighted by atomic mass is 9.57. The molecular weight excluding hydrogens is 498 g/mol. The third-order valence-corrected chi connectivity index (χ3v) is 10.9. The van der Waals surface area contributed by atoms with Crippen LogP contribution in [0.2, 0.25) is 0 Å². The van der Waals surface area contributed by atoms with Crippen molar-refractivity contribution in [3.8, 4) is 0 Å². The summed E-state index contributed by atoms with van der Waals surface area (Å²) in [6.07, 6.45) is 20.6. The van der Waals surface area contributed by atoms with E-state index in [-0.39, 0.29) is 16.2 Å². The highest BCUT2D eigenvalue weighted by Crippen LogP contribution is 2.62. The van der Waals surface area contributed by atoms with E-state index in [0.717, 1.165) is 55.4 Å². The van der Waals surface area contributed by atoms with Crippen LogP contribution in [0, 0.1) is 22.7 Å². The van der Waals surface area contributed by atoms with Crippen LogP contribution >= 0.6 is 0 Å². The molecule has 4 aliphatic carbocycles. The number of fused-ring (bicyclic) bond motifs is 1. The van der Waals surface area contributed by atoms with Crippen molar-refractivity contribution in [2.45, 2.75) is 128 Å². The lowest BCUT2D eigenvalue weighted by Crippen LogP contribution is -2.39. The minimum absolute atomic E-state index is 0.0454. The van der Waals surface area contributed by atoms with Gasteiger partial charge in [0.15, 0.2) is 0 Å². The van der Waals surface area contributed by atoms with Crippen LogP contribution in [0.15, 0.2) is 58.2 Å². The van der Waals surface area contributed by atoms with Crippen molar-refractivity contribution in [3.63, 3.8) is 0 Å². The van der Waals surface area contributed by atoms with Gasteiger partial charge in [0.2, 0.25) is 5.89 Å². The van der Waals surface area contributed by atoms with Crippen molar-refractivity contribution in [2.75, 3.05) is 0 Å². The van der Waals surface area contributed by atoms with Gasteiger partial charge in [0.25, 0.3) is 0 Å². The molecule has 40 heavy (non-hydrogen) atoms. The van der Waals surface area contributed by atoms with Gasteiger partial charge in [-0.25, -0.2) is 4.98 Å². The van der Waals surface area contributed by atoms with Crippen LogP contribution in [0.5, 0.6) is 0 Å². The maximum atomic E-state index is 11.3. The largest absolute Gasteiger partial charge is 0.445 e. The quantitative estimate of drug-likeness (QED) is 0.285. The molecule has 1 heterocycles. The van der Waals surface area contributed by atoms with Gasteiger partial charge in [-0.05, 0) is 91.6 Å². The summed E-state index contributed by atoms with van der Waals surface area (Å²) in [6.45, 7) is 13.4. The zero-order valence-corrected chi connectivity index (χ0v) is 25.2. The molecule has 5 rings (SSSR count). The van der Waals surface area contributed by atoms with Crippen LogP contribution in [-0.2, 0) is 11.8 Å². The van der Waals surface area contributed by atoms with Gasteiger partial charge >= 0.3 is 0 Å². The summed E-state index contributed by atoms with van der Waals surface area (Å²) < 4.78 is 6.10. The van der Waals surface area contributed by atoms with E-state index in [1.165, 1.54) is 31.3 Å². The molecule has 0 spiro atoms. The molecule has 4 fully saturated rings. The van der Waals surface area contributed by atoms with Gasteiger partial charge in [0.1, 0.15) is 5.76 Å². The lowest BCUT2D eigenvalue weighted by Gasteiger charge is -2.47. The van der Waals surface area contributed by atoms with Crippen molar-refractivity contribution in [3.05, 3.63) is 65.5 Å². The molecule has 5 nitrogen and oxygen atoms in total. The highest BCUT2D eigenvalue weighted by Gasteiger charge is 2.55. The van der Waals surface area contributed by atoms with E-state index < -0.39 is 18.3 Å². The van der Waals surface area contributed by atoms with Crippen molar-refractivity contribution < 1.29 is 19.7 Å². The SMILES string of the molecule is C=C1/C(=C\C=C2/CCC[C@]3(C)[C@@H](C(C)(C)/C=C/[C@H](O)C4(c5ncc(CCCC)o5)CC4)CC[C@@H]23)C[C@@H](O)C[C@@H]1O. The van der Waals surface area contributed by atoms with Crippen molar-refractivity contribution in [2.24, 2.45) is 22.7 Å². The normalized spacial score (nSPS) is 35.0. The molecule has 0 aromatic carbocycles. The van der Waals surface area contributed by atoms with E-state index in [1.807, 2.05) is 12.3 Å². The third-order valence-electron chi connectivity index (χ3n) is 10.9. The Kier molecular flexibility index (Phi) is 8.40. The zero-order valence-electron chi connectivity index (χ0n) is 25.2. The van der Waals surface area contributed by atoms with Crippen LogP contribution in [-0.4, -0.2) is 38.6 Å². The predicted octanol–water partition coefficient (Wildman–Crippen LogP) is 7.13. The number of nitrogens with zero attached hydrogens (tertiary/aromatic N) is 1. The molecule has 0 radical (unpaired) electrons. The number of hydrogen-bond donors (Lipinski definition) is 3. The Hall–Kier alpha value is -1.95. The Morgan fingerprint density at radius 2 is 1.98 bits per heavy atom. The Labute approximate surface area is 241 Å². The minimum Gasteiger partial charge on any atom is -0.445 e. The number of oxazole rings is 1. The average Bonchev–Trinajstić information content (AvgIpc) is 3.43. The highest BCUT2D eigenvalue weighted by atomic mass is 16.4. The zero-order chi connectivity index (χ0) is 28.7. The number of aromatic nitrogens is 1. The molecule has 1 aromatic rings. The lowest BCUT2D eigenvalue weighted by molar-refractivity contribution is 0.0705. The average molecular weight is 550 g/mol. The van der Waals surface area contributed by atoms with Gasteiger partial charge in [-0.15, -0.1) is 0 Å². The van der Waals surface area contributed by atoms with Gasteiger partial charge in [0.05, 0.1) is 29.9 Å². The molecule has 5 heteroatoms. The van der Waals surface area contributed by atoms with E-state index in [2.05, 4.69) is 57.5 Å². The van der Waals surface area contributed by atoms with Crippen LogP contribution in [0.3, 0.4) is 0 Å². The number of aliphatic hydroxyl groups is 3. The molecule has 1 aromatic heterocycles. The fourth-order valence-electron chi connectivity index (χ4n) is 8.34. The van der Waals surface area contributed by atoms with Gasteiger partial charge in [-0.1, -0.05) is 70.6 Å². The summed E-state index contributed by atoms with van der Waals surface area (Å²) in [5.41, 5.74) is 3.04. The Morgan fingerprint density at radius 1 is 1.20 bits per heavy atom. The summed E-state index contributed by atoms with van der Waals surface area (Å²) in [5.74, 6) is 2.70. The molecule has 0 aliphatic heterocycles. The fraction of sp³-hybridized carbons (Fsp3) is 0.686. The first-order chi connectivity index (χ1) is 19.0. The second-order valence-corrected chi connectivity index (χ2v) is 14.1. The topological polar surface area (TPSA) is 86.7 Å². The van der Waals surface area contributed by atoms with Crippen LogP contribution in [0.25, 0.3) is 0 Å². The summed E-state index contributed by atoms with van der Waals surface area (Å²) in [4.78, 5) is 4.58. The molecule has 6 atom stereocenters. The van der Waals surface area contributed by atoms with E-state index in [0.29, 0.717) is 30.6 Å². The Bertz CT molecular complexity index is 1170. The second-order valence-electron chi connectivity index (χ2n) is 14.1. The van der Waals surface area contributed by atoms with Gasteiger partial charge < -0.3 is 19.7 Å². The number of aliphatic hydroxyl groups excluding tert-OH is 3. The van der Waals surface area contributed by atoms with Gasteiger partial charge in [0, 0.05) is 12.8 Å². The minimum atomic E-state index is -0.648. The van der Waals surface area contributed by atoms with Crippen LogP contribution in [0.4, 0.5) is 0 Å². The van der Waals surface area contributed by atoms with Crippen molar-refractivity contribution >= 4 is 0 Å². The maximum absolute atomic E-state index is 11.3. The predicted molar refractivity (Wildman–Crippen MR) is 160 cm³/mol. The van der Waals surface area contributed by atoms with Crippen molar-refractivity contribution in [1.82, 2.24) is 4.98 Å². The number of unbranched alkanes of at least 4 members (excludes halogenated alkanes) is 1. The van der Waals surface area contributed by atoms with Gasteiger partial charge in [-0.2, -0.15) is 0 Å². The summed E-state index contributed by atoms with van der Waals surface area (Å²) in [7, 11) is 0. The number of rotatable bonds is 9. The molecule has 4 saturated carbocycles. The Balaban J connectivity index is 1.30. The van der Waals surface area contributed by atoms with E-state index in [1.54, 1.807) is 0 Å². The summed E-state index contributed by atoms with van der Waals surface area (Å²) in [6, 6.07) is 0. The molecular formula is C35H51NO4. The summed E-state index contributed by atoms with van der Waals surface area (Å²) in [5, 5.41) is 31.8. The molecule has 4 aliphatic rings. The highest BCUT2D eigenvalue weighted by molar-refractivity contribution is 5.39.